The molecule has 0 saturated carbocycles. The summed E-state index contributed by atoms with van der Waals surface area (Å²) in [4.78, 5) is 57.4. The molecule has 0 aromatic heterocycles. The van der Waals surface area contributed by atoms with E-state index in [0.717, 1.165) is 17.2 Å². The van der Waals surface area contributed by atoms with E-state index in [4.69, 9.17) is 47.7 Å². The molecule has 0 aliphatic rings. The van der Waals surface area contributed by atoms with E-state index >= 15 is 0 Å². The predicted octanol–water partition coefficient (Wildman–Crippen LogP) is 13.1. The Balaban J connectivity index is 0.000000558. The standard InChI is InChI=1S/C16H22O5.C14H18O4.C13H18O5.C13H16O4.C11H14O4/c1-6-7-20-15-9-14(21-10-18-4)12(11(2)3)8-13(15)16(17)19-5;1-5-6-18-13-8-12(15)10(9(2)3)7-11(13)14(16)17-4;1-8(2)9-5-10(13(15)17-4)11(14)6-12(9)18-7-16-3;1-4-5-17-12-7-11(14)9(8(2)3)6-10(12)13(15)16;1-6(2)7-4-8(11(14)15-3)10(13)5-9(7)12/h6,8-9,11H,1,7,10H2,2-5H3;5,7-9,15H,1,6H2,2-4H3;5-6,8,14H,7H2,1-4H3;4,6-8,14H,1,5H2,2-3H3,(H,15,16);4-6,12-13H,1-3H3. The van der Waals surface area contributed by atoms with Crippen LogP contribution in [0.15, 0.2) is 98.6 Å². The van der Waals surface area contributed by atoms with E-state index in [1.165, 1.54) is 72.0 Å². The zero-order valence-electron chi connectivity index (χ0n) is 53.8. The van der Waals surface area contributed by atoms with E-state index in [2.05, 4.69) is 29.2 Å². The number of phenolic OH excluding ortho intramolecular Hbond substituents is 5. The molecule has 0 spiro atoms. The first-order chi connectivity index (χ1) is 42.0. The Hall–Kier alpha value is -9.41. The van der Waals surface area contributed by atoms with Crippen molar-refractivity contribution in [3.8, 4) is 57.5 Å². The van der Waals surface area contributed by atoms with Gasteiger partial charge >= 0.3 is 29.8 Å². The van der Waals surface area contributed by atoms with E-state index in [1.54, 1.807) is 43.5 Å². The number of hydrogen-bond donors (Lipinski definition) is 6. The molecule has 6 N–H and O–H groups in total. The molecule has 0 saturated heterocycles. The lowest BCUT2D eigenvalue weighted by Gasteiger charge is -2.17. The number of rotatable bonds is 25. The van der Waals surface area contributed by atoms with Crippen LogP contribution in [0.5, 0.6) is 57.5 Å². The third-order valence-electron chi connectivity index (χ3n) is 12.3. The van der Waals surface area contributed by atoms with Crippen LogP contribution in [0.25, 0.3) is 0 Å². The summed E-state index contributed by atoms with van der Waals surface area (Å²) >= 11 is 0. The molecule has 0 atom stereocenters. The molecule has 0 heterocycles. The third kappa shape index (κ3) is 24.0. The Kier molecular flexibility index (Phi) is 34.3. The normalized spacial score (nSPS) is 10.3. The Morgan fingerprint density at radius 3 is 0.933 bits per heavy atom. The number of carbonyl (C=O) groups excluding carboxylic acids is 4. The lowest BCUT2D eigenvalue weighted by Crippen LogP contribution is -2.10. The molecule has 0 aliphatic carbocycles. The van der Waals surface area contributed by atoms with Gasteiger partial charge in [0.2, 0.25) is 0 Å². The van der Waals surface area contributed by atoms with Crippen LogP contribution in [-0.2, 0) is 28.4 Å². The molecule has 0 unspecified atom stereocenters. The van der Waals surface area contributed by atoms with Crippen molar-refractivity contribution >= 4 is 29.8 Å². The number of carbonyl (C=O) groups is 5. The summed E-state index contributed by atoms with van der Waals surface area (Å²) < 4.78 is 55.4. The first-order valence-electron chi connectivity index (χ1n) is 27.9. The Morgan fingerprint density at radius 2 is 0.607 bits per heavy atom. The minimum atomic E-state index is -1.08. The fraction of sp³-hybridized carbons (Fsp3) is 0.388. The van der Waals surface area contributed by atoms with Crippen molar-refractivity contribution in [3.05, 3.63) is 154 Å². The molecule has 5 aromatic rings. The van der Waals surface area contributed by atoms with Crippen molar-refractivity contribution in [2.45, 2.75) is 98.8 Å². The average molecular weight is 1250 g/mol. The van der Waals surface area contributed by atoms with Crippen molar-refractivity contribution in [2.24, 2.45) is 0 Å². The molecule has 89 heavy (non-hydrogen) atoms. The third-order valence-corrected chi connectivity index (χ3v) is 12.3. The van der Waals surface area contributed by atoms with Crippen LogP contribution in [-0.4, -0.2) is 137 Å². The highest BCUT2D eigenvalue weighted by Crippen LogP contribution is 2.38. The van der Waals surface area contributed by atoms with Gasteiger partial charge in [-0.25, -0.2) is 24.0 Å². The Morgan fingerprint density at radius 1 is 0.348 bits per heavy atom. The zero-order valence-corrected chi connectivity index (χ0v) is 53.8. The van der Waals surface area contributed by atoms with Crippen molar-refractivity contribution in [3.63, 3.8) is 0 Å². The van der Waals surface area contributed by atoms with Gasteiger partial charge < -0.3 is 82.7 Å². The van der Waals surface area contributed by atoms with E-state index in [9.17, 15) is 49.5 Å². The fourth-order valence-electron chi connectivity index (χ4n) is 7.77. The lowest BCUT2D eigenvalue weighted by atomic mass is 9.99. The maximum Gasteiger partial charge on any atom is 0.341 e. The van der Waals surface area contributed by atoms with E-state index in [-0.39, 0.29) is 114 Å². The van der Waals surface area contributed by atoms with Gasteiger partial charge in [0.1, 0.15) is 105 Å². The van der Waals surface area contributed by atoms with Gasteiger partial charge in [0, 0.05) is 44.6 Å². The molecule has 22 heteroatoms. The number of esters is 4. The summed E-state index contributed by atoms with van der Waals surface area (Å²) in [5, 5.41) is 57.5. The molecular weight excluding hydrogens is 1160 g/mol. The second kappa shape index (κ2) is 39.4. The van der Waals surface area contributed by atoms with E-state index in [0.29, 0.717) is 50.8 Å². The highest BCUT2D eigenvalue weighted by Gasteiger charge is 2.23. The maximum atomic E-state index is 11.9. The molecule has 0 bridgehead atoms. The first-order valence-corrected chi connectivity index (χ1v) is 27.9. The van der Waals surface area contributed by atoms with Gasteiger partial charge in [0.15, 0.2) is 13.6 Å². The minimum absolute atomic E-state index is 0.0184. The van der Waals surface area contributed by atoms with Crippen LogP contribution in [0, 0.1) is 0 Å². The molecule has 0 fully saturated rings. The number of aromatic hydroxyl groups is 5. The number of methoxy groups -OCH3 is 6. The van der Waals surface area contributed by atoms with E-state index < -0.39 is 29.8 Å². The summed E-state index contributed by atoms with van der Waals surface area (Å²) in [7, 11) is 8.21. The second-order valence-corrected chi connectivity index (χ2v) is 20.5. The van der Waals surface area contributed by atoms with E-state index in [1.807, 2.05) is 69.2 Å². The lowest BCUT2D eigenvalue weighted by molar-refractivity contribution is 0.0497. The van der Waals surface area contributed by atoms with Gasteiger partial charge in [0.25, 0.3) is 0 Å². The first kappa shape index (κ1) is 77.6. The van der Waals surface area contributed by atoms with Crippen molar-refractivity contribution in [1.82, 2.24) is 0 Å². The summed E-state index contributed by atoms with van der Waals surface area (Å²) in [5.74, 6) is -1.03. The van der Waals surface area contributed by atoms with Crippen LogP contribution < -0.4 is 23.7 Å². The van der Waals surface area contributed by atoms with Crippen molar-refractivity contribution in [1.29, 1.82) is 0 Å². The van der Waals surface area contributed by atoms with Gasteiger partial charge in [0.05, 0.1) is 28.4 Å². The average Bonchev–Trinajstić information content (AvgIpc) is 3.24. The Bertz CT molecular complexity index is 3150. The number of carboxylic acids is 1. The number of ether oxygens (including phenoxy) is 11. The minimum Gasteiger partial charge on any atom is -0.508 e. The van der Waals surface area contributed by atoms with Gasteiger partial charge in [-0.05, 0) is 87.7 Å². The van der Waals surface area contributed by atoms with Crippen molar-refractivity contribution < 1.29 is 107 Å². The maximum absolute atomic E-state index is 11.9. The van der Waals surface area contributed by atoms with Crippen LogP contribution in [0.3, 0.4) is 0 Å². The summed E-state index contributed by atoms with van der Waals surface area (Å²) in [5.41, 5.74) is 4.50. The predicted molar refractivity (Wildman–Crippen MR) is 335 cm³/mol. The molecular formula is C67H88O22. The molecule has 22 nitrogen and oxygen atoms in total. The van der Waals surface area contributed by atoms with Crippen LogP contribution >= 0.6 is 0 Å². The van der Waals surface area contributed by atoms with Crippen LogP contribution in [0.2, 0.25) is 0 Å². The molecule has 0 amide bonds. The van der Waals surface area contributed by atoms with Crippen LogP contribution in [0.1, 0.15) is 178 Å². The Labute approximate surface area is 521 Å². The largest absolute Gasteiger partial charge is 0.508 e. The van der Waals surface area contributed by atoms with Crippen LogP contribution in [0.4, 0.5) is 0 Å². The summed E-state index contributed by atoms with van der Waals surface area (Å²) in [6.07, 6.45) is 4.68. The quantitative estimate of drug-likeness (QED) is 0.0137. The highest BCUT2D eigenvalue weighted by molar-refractivity contribution is 5.95. The zero-order chi connectivity index (χ0) is 67.8. The van der Waals surface area contributed by atoms with Crippen molar-refractivity contribution in [2.75, 3.05) is 76.1 Å². The van der Waals surface area contributed by atoms with Gasteiger partial charge in [-0.2, -0.15) is 0 Å². The molecule has 488 valence electrons. The molecule has 5 rings (SSSR count). The summed E-state index contributed by atoms with van der Waals surface area (Å²) in [6.45, 7) is 30.9. The van der Waals surface area contributed by atoms with Gasteiger partial charge in [-0.3, -0.25) is 0 Å². The monoisotopic (exact) mass is 1240 g/mol. The number of benzene rings is 5. The molecule has 0 aliphatic heterocycles. The SMILES string of the molecule is C=CCOc1cc(O)c(C(C)C)cc1C(=O)O.C=CCOc1cc(O)c(C(C)C)cc1C(=O)OC.C=CCOc1cc(OCOC)c(C(C)C)cc1C(=O)OC.COC(=O)c1cc(C(C)C)c(O)cc1O.COCOc1cc(O)c(C(=O)OC)cc1C(C)C. The fourth-order valence-corrected chi connectivity index (χ4v) is 7.77. The number of aromatic carboxylic acids is 1. The highest BCUT2D eigenvalue weighted by atomic mass is 16.7. The summed E-state index contributed by atoms with van der Waals surface area (Å²) in [6, 6.07) is 14.8. The second-order valence-electron chi connectivity index (χ2n) is 20.5. The number of phenols is 5. The smallest absolute Gasteiger partial charge is 0.341 e. The number of carboxylic acid groups (broad SMARTS) is 1. The number of hydrogen-bond acceptors (Lipinski definition) is 21. The molecule has 5 aromatic carbocycles. The topological polar surface area (TPSA) is 308 Å². The van der Waals surface area contributed by atoms with Gasteiger partial charge in [-0.15, -0.1) is 0 Å². The molecule has 0 radical (unpaired) electrons. The van der Waals surface area contributed by atoms with Gasteiger partial charge in [-0.1, -0.05) is 107 Å².